The summed E-state index contributed by atoms with van der Waals surface area (Å²) < 4.78 is 0. The molecule has 0 saturated heterocycles. The topological polar surface area (TPSA) is 43.1 Å². The highest BCUT2D eigenvalue weighted by atomic mass is 16.1. The van der Waals surface area contributed by atoms with Gasteiger partial charge >= 0.3 is 0 Å². The molecule has 0 atom stereocenters. The van der Waals surface area contributed by atoms with Gasteiger partial charge in [-0.1, -0.05) is 18.2 Å². The maximum absolute atomic E-state index is 10.4. The zero-order valence-electron chi connectivity index (χ0n) is 9.29. The lowest BCUT2D eigenvalue weighted by Gasteiger charge is -2.13. The molecular formula is C13H17NO. The van der Waals surface area contributed by atoms with Gasteiger partial charge in [-0.15, -0.1) is 0 Å². The van der Waals surface area contributed by atoms with E-state index in [2.05, 4.69) is 19.1 Å². The van der Waals surface area contributed by atoms with Crippen molar-refractivity contribution in [1.29, 1.82) is 0 Å². The van der Waals surface area contributed by atoms with Gasteiger partial charge in [-0.2, -0.15) is 0 Å². The van der Waals surface area contributed by atoms with E-state index < -0.39 is 0 Å². The third kappa shape index (κ3) is 3.24. The van der Waals surface area contributed by atoms with E-state index in [4.69, 9.17) is 5.73 Å². The number of allylic oxidation sites excluding steroid dienone is 8. The molecular weight excluding hydrogens is 186 g/mol. The van der Waals surface area contributed by atoms with Gasteiger partial charge in [0, 0.05) is 0 Å². The fraction of sp³-hybridized carbons (Fsp3) is 0.308. The first-order chi connectivity index (χ1) is 7.17. The first kappa shape index (κ1) is 11.5. The van der Waals surface area contributed by atoms with Gasteiger partial charge in [-0.25, -0.2) is 0 Å². The molecule has 0 unspecified atom stereocenters. The van der Waals surface area contributed by atoms with E-state index in [1.54, 1.807) is 6.08 Å². The summed E-state index contributed by atoms with van der Waals surface area (Å²) in [4.78, 5) is 10.4. The van der Waals surface area contributed by atoms with Gasteiger partial charge < -0.3 is 5.73 Å². The molecule has 1 rings (SSSR count). The van der Waals surface area contributed by atoms with Crippen LogP contribution >= 0.6 is 0 Å². The molecule has 0 amide bonds. The molecule has 0 radical (unpaired) electrons. The number of carbonyl (C=O) groups excluding carboxylic acids is 1. The molecule has 2 heteroatoms. The number of hydrogen-bond acceptors (Lipinski definition) is 2. The van der Waals surface area contributed by atoms with E-state index in [1.165, 1.54) is 11.1 Å². The number of rotatable bonds is 3. The van der Waals surface area contributed by atoms with Crippen molar-refractivity contribution in [3.8, 4) is 0 Å². The van der Waals surface area contributed by atoms with Crippen molar-refractivity contribution in [2.24, 2.45) is 5.73 Å². The number of aldehydes is 1. The lowest BCUT2D eigenvalue weighted by Crippen LogP contribution is -2.01. The van der Waals surface area contributed by atoms with Gasteiger partial charge in [0.05, 0.1) is 5.70 Å². The van der Waals surface area contributed by atoms with Crippen LogP contribution < -0.4 is 5.73 Å². The molecule has 0 saturated carbocycles. The van der Waals surface area contributed by atoms with Gasteiger partial charge in [0.15, 0.2) is 6.29 Å². The van der Waals surface area contributed by atoms with Crippen molar-refractivity contribution in [1.82, 2.24) is 0 Å². The number of nitrogens with two attached hydrogens (primary N) is 1. The predicted octanol–water partition coefficient (Wildman–Crippen LogP) is 2.64. The molecule has 2 nitrogen and oxygen atoms in total. The Bertz CT molecular complexity index is 370. The van der Waals surface area contributed by atoms with Crippen LogP contribution in [0.1, 0.15) is 26.7 Å². The molecule has 0 aromatic rings. The molecule has 0 spiro atoms. The molecule has 0 aromatic carbocycles. The van der Waals surface area contributed by atoms with Crippen LogP contribution in [0.15, 0.2) is 46.7 Å². The summed E-state index contributed by atoms with van der Waals surface area (Å²) in [6.45, 7) is 4.10. The summed E-state index contributed by atoms with van der Waals surface area (Å²) in [6.07, 6.45) is 10.7. The highest BCUT2D eigenvalue weighted by molar-refractivity contribution is 5.72. The highest BCUT2D eigenvalue weighted by Crippen LogP contribution is 2.25. The van der Waals surface area contributed by atoms with Gasteiger partial charge in [-0.05, 0) is 49.5 Å². The summed E-state index contributed by atoms with van der Waals surface area (Å²) in [5, 5.41) is 0. The average molecular weight is 203 g/mol. The van der Waals surface area contributed by atoms with Crippen molar-refractivity contribution in [2.75, 3.05) is 0 Å². The van der Waals surface area contributed by atoms with Crippen LogP contribution in [-0.2, 0) is 4.79 Å². The molecule has 15 heavy (non-hydrogen) atoms. The van der Waals surface area contributed by atoms with Crippen molar-refractivity contribution in [2.45, 2.75) is 26.7 Å². The molecule has 0 bridgehead atoms. The van der Waals surface area contributed by atoms with Crippen molar-refractivity contribution in [3.05, 3.63) is 46.7 Å². The van der Waals surface area contributed by atoms with E-state index in [1.807, 2.05) is 13.0 Å². The second-order valence-corrected chi connectivity index (χ2v) is 3.69. The highest BCUT2D eigenvalue weighted by Gasteiger charge is 2.07. The fourth-order valence-corrected chi connectivity index (χ4v) is 1.70. The molecule has 2 N–H and O–H groups in total. The minimum atomic E-state index is 0.295. The van der Waals surface area contributed by atoms with E-state index in [9.17, 15) is 4.79 Å². The molecule has 0 fully saturated rings. The third-order valence-electron chi connectivity index (χ3n) is 2.45. The fourth-order valence-electron chi connectivity index (χ4n) is 1.70. The van der Waals surface area contributed by atoms with Gasteiger partial charge in [0.2, 0.25) is 0 Å². The lowest BCUT2D eigenvalue weighted by atomic mass is 9.92. The van der Waals surface area contributed by atoms with Crippen LogP contribution in [0.25, 0.3) is 0 Å². The number of hydrogen-bond donors (Lipinski definition) is 1. The van der Waals surface area contributed by atoms with E-state index >= 15 is 0 Å². The Morgan fingerprint density at radius 3 is 2.73 bits per heavy atom. The molecule has 80 valence electrons. The first-order valence-corrected chi connectivity index (χ1v) is 5.12. The zero-order chi connectivity index (χ0) is 11.3. The average Bonchev–Trinajstić information content (AvgIpc) is 2.22. The third-order valence-corrected chi connectivity index (χ3v) is 2.45. The van der Waals surface area contributed by atoms with Gasteiger partial charge in [-0.3, -0.25) is 4.79 Å². The van der Waals surface area contributed by atoms with Crippen LogP contribution in [-0.4, -0.2) is 6.29 Å². The Balaban J connectivity index is 2.91. The summed E-state index contributed by atoms with van der Waals surface area (Å²) in [6, 6.07) is 0. The second-order valence-electron chi connectivity index (χ2n) is 3.69. The Hall–Kier alpha value is -1.57. The van der Waals surface area contributed by atoms with Crippen molar-refractivity contribution < 1.29 is 4.79 Å². The SMILES string of the molecule is C/C=C\C1=C(C)C=C(/C=C(\N)C=O)CC1. The molecule has 1 aliphatic rings. The predicted molar refractivity (Wildman–Crippen MR) is 63.2 cm³/mol. The van der Waals surface area contributed by atoms with Gasteiger partial charge in [0.25, 0.3) is 0 Å². The van der Waals surface area contributed by atoms with E-state index in [-0.39, 0.29) is 0 Å². The van der Waals surface area contributed by atoms with Crippen LogP contribution in [0.5, 0.6) is 0 Å². The van der Waals surface area contributed by atoms with E-state index in [0.717, 1.165) is 18.4 Å². The molecule has 0 aromatic heterocycles. The molecule has 1 aliphatic carbocycles. The summed E-state index contributed by atoms with van der Waals surface area (Å²) >= 11 is 0. The minimum absolute atomic E-state index is 0.295. The Labute approximate surface area is 90.9 Å². The summed E-state index contributed by atoms with van der Waals surface area (Å²) in [5.41, 5.74) is 9.50. The van der Waals surface area contributed by atoms with Crippen LogP contribution in [0.2, 0.25) is 0 Å². The van der Waals surface area contributed by atoms with Crippen LogP contribution in [0, 0.1) is 0 Å². The quantitative estimate of drug-likeness (QED) is 0.566. The summed E-state index contributed by atoms with van der Waals surface area (Å²) in [5.74, 6) is 0. The maximum atomic E-state index is 10.4. The largest absolute Gasteiger partial charge is 0.396 e. The maximum Gasteiger partial charge on any atom is 0.165 e. The Morgan fingerprint density at radius 1 is 1.47 bits per heavy atom. The first-order valence-electron chi connectivity index (χ1n) is 5.12. The Kier molecular flexibility index (Phi) is 4.10. The zero-order valence-corrected chi connectivity index (χ0v) is 9.29. The van der Waals surface area contributed by atoms with Crippen LogP contribution in [0.4, 0.5) is 0 Å². The monoisotopic (exact) mass is 203 g/mol. The second kappa shape index (κ2) is 5.35. The summed E-state index contributed by atoms with van der Waals surface area (Å²) in [7, 11) is 0. The Morgan fingerprint density at radius 2 is 2.20 bits per heavy atom. The lowest BCUT2D eigenvalue weighted by molar-refractivity contribution is -0.104. The van der Waals surface area contributed by atoms with E-state index in [0.29, 0.717) is 12.0 Å². The number of carbonyl (C=O) groups is 1. The normalized spacial score (nSPS) is 18.3. The minimum Gasteiger partial charge on any atom is -0.396 e. The van der Waals surface area contributed by atoms with Crippen molar-refractivity contribution in [3.63, 3.8) is 0 Å². The smallest absolute Gasteiger partial charge is 0.165 e. The standard InChI is InChI=1S/C13H17NO/c1-3-4-12-6-5-11(7-10(12)2)8-13(14)9-15/h3-4,7-9H,5-6,14H2,1-2H3/b4-3-,13-8-. The molecule has 0 heterocycles. The van der Waals surface area contributed by atoms with Gasteiger partial charge in [0.1, 0.15) is 0 Å². The van der Waals surface area contributed by atoms with Crippen LogP contribution in [0.3, 0.4) is 0 Å². The van der Waals surface area contributed by atoms with Crippen molar-refractivity contribution >= 4 is 6.29 Å². The molecule has 0 aliphatic heterocycles.